The van der Waals surface area contributed by atoms with Gasteiger partial charge in [0.2, 0.25) is 0 Å². The summed E-state index contributed by atoms with van der Waals surface area (Å²) in [7, 11) is 0. The highest BCUT2D eigenvalue weighted by molar-refractivity contribution is 9.10. The second-order valence-electron chi connectivity index (χ2n) is 4.83. The van der Waals surface area contributed by atoms with Crippen molar-refractivity contribution in [2.24, 2.45) is 5.73 Å². The smallest absolute Gasteiger partial charge is 0.123 e. The van der Waals surface area contributed by atoms with Crippen LogP contribution < -0.4 is 10.6 Å². The van der Waals surface area contributed by atoms with E-state index in [4.69, 9.17) is 11.1 Å². The van der Waals surface area contributed by atoms with E-state index in [1.165, 1.54) is 31.4 Å². The number of nitrogens with two attached hydrogens (primary N) is 1. The SMILES string of the molecule is CCC1CCCCN1c1ccc(C(=N)N)c(Br)c1. The zero-order valence-corrected chi connectivity index (χ0v) is 12.3. The van der Waals surface area contributed by atoms with Gasteiger partial charge in [-0.05, 0) is 59.8 Å². The third kappa shape index (κ3) is 2.69. The summed E-state index contributed by atoms with van der Waals surface area (Å²) in [4.78, 5) is 2.48. The minimum atomic E-state index is 0.110. The zero-order chi connectivity index (χ0) is 13.1. The van der Waals surface area contributed by atoms with Crippen molar-refractivity contribution in [1.29, 1.82) is 5.41 Å². The number of nitrogens with zero attached hydrogens (tertiary/aromatic N) is 1. The number of halogens is 1. The van der Waals surface area contributed by atoms with E-state index in [2.05, 4.69) is 39.9 Å². The Morgan fingerprint density at radius 1 is 1.50 bits per heavy atom. The highest BCUT2D eigenvalue weighted by atomic mass is 79.9. The Bertz CT molecular complexity index is 445. The van der Waals surface area contributed by atoms with Gasteiger partial charge in [0.25, 0.3) is 0 Å². The predicted octanol–water partition coefficient (Wildman–Crippen LogP) is 3.50. The van der Waals surface area contributed by atoms with Gasteiger partial charge in [0.1, 0.15) is 5.84 Å². The molecule has 1 aromatic carbocycles. The molecule has 1 atom stereocenters. The van der Waals surface area contributed by atoms with Crippen LogP contribution in [0.4, 0.5) is 5.69 Å². The first kappa shape index (κ1) is 13.4. The van der Waals surface area contributed by atoms with Crippen LogP contribution in [-0.2, 0) is 0 Å². The number of amidine groups is 1. The van der Waals surface area contributed by atoms with Crippen LogP contribution in [0.1, 0.15) is 38.2 Å². The fraction of sp³-hybridized carbons (Fsp3) is 0.500. The topological polar surface area (TPSA) is 53.1 Å². The number of benzene rings is 1. The number of hydrogen-bond acceptors (Lipinski definition) is 2. The van der Waals surface area contributed by atoms with E-state index in [0.717, 1.165) is 16.6 Å². The summed E-state index contributed by atoms with van der Waals surface area (Å²) >= 11 is 3.51. The summed E-state index contributed by atoms with van der Waals surface area (Å²) in [6, 6.07) is 6.75. The Morgan fingerprint density at radius 3 is 2.89 bits per heavy atom. The molecular weight excluding hydrogens is 290 g/mol. The summed E-state index contributed by atoms with van der Waals surface area (Å²) in [6.45, 7) is 3.38. The lowest BCUT2D eigenvalue weighted by molar-refractivity contribution is 0.450. The fourth-order valence-corrected chi connectivity index (χ4v) is 3.25. The van der Waals surface area contributed by atoms with Gasteiger partial charge < -0.3 is 10.6 Å². The summed E-state index contributed by atoms with van der Waals surface area (Å²) in [5, 5.41) is 7.50. The molecule has 1 aliphatic rings. The fourth-order valence-electron chi connectivity index (χ4n) is 2.67. The van der Waals surface area contributed by atoms with Crippen molar-refractivity contribution in [3.63, 3.8) is 0 Å². The number of hydrogen-bond donors (Lipinski definition) is 2. The molecule has 0 radical (unpaired) electrons. The van der Waals surface area contributed by atoms with Gasteiger partial charge in [-0.15, -0.1) is 0 Å². The van der Waals surface area contributed by atoms with Crippen LogP contribution in [0.3, 0.4) is 0 Å². The maximum Gasteiger partial charge on any atom is 0.123 e. The summed E-state index contributed by atoms with van der Waals surface area (Å²) in [6.07, 6.45) is 5.07. The highest BCUT2D eigenvalue weighted by Crippen LogP contribution is 2.30. The molecule has 0 amide bonds. The first-order chi connectivity index (χ1) is 8.63. The van der Waals surface area contributed by atoms with Gasteiger partial charge in [0.15, 0.2) is 0 Å². The Morgan fingerprint density at radius 2 is 2.28 bits per heavy atom. The molecule has 4 heteroatoms. The first-order valence-corrected chi connectivity index (χ1v) is 7.33. The molecule has 0 aromatic heterocycles. The van der Waals surface area contributed by atoms with Crippen molar-refractivity contribution in [3.05, 3.63) is 28.2 Å². The van der Waals surface area contributed by atoms with Crippen LogP contribution in [0.2, 0.25) is 0 Å². The van der Waals surface area contributed by atoms with E-state index >= 15 is 0 Å². The van der Waals surface area contributed by atoms with Crippen molar-refractivity contribution >= 4 is 27.5 Å². The van der Waals surface area contributed by atoms with Crippen molar-refractivity contribution in [3.8, 4) is 0 Å². The predicted molar refractivity (Wildman–Crippen MR) is 80.4 cm³/mol. The lowest BCUT2D eigenvalue weighted by atomic mass is 9.99. The van der Waals surface area contributed by atoms with E-state index in [0.29, 0.717) is 6.04 Å². The molecule has 1 aliphatic heterocycles. The Kier molecular flexibility index (Phi) is 4.27. The Labute approximate surface area is 117 Å². The standard InChI is InChI=1S/C14H20BrN3/c1-2-10-5-3-4-8-18(10)11-6-7-12(14(16)17)13(15)9-11/h6-7,9-10H,2-5,8H2,1H3,(H3,16,17). The molecule has 1 saturated heterocycles. The van der Waals surface area contributed by atoms with E-state index in [-0.39, 0.29) is 5.84 Å². The van der Waals surface area contributed by atoms with E-state index < -0.39 is 0 Å². The van der Waals surface area contributed by atoms with Gasteiger partial charge >= 0.3 is 0 Å². The summed E-state index contributed by atoms with van der Waals surface area (Å²) in [5.74, 6) is 0.110. The number of piperidine rings is 1. The van der Waals surface area contributed by atoms with Crippen molar-refractivity contribution in [1.82, 2.24) is 0 Å². The number of anilines is 1. The average Bonchev–Trinajstić information content (AvgIpc) is 2.38. The van der Waals surface area contributed by atoms with Crippen LogP contribution in [-0.4, -0.2) is 18.4 Å². The summed E-state index contributed by atoms with van der Waals surface area (Å²) in [5.41, 5.74) is 7.54. The van der Waals surface area contributed by atoms with Crippen molar-refractivity contribution in [2.45, 2.75) is 38.6 Å². The van der Waals surface area contributed by atoms with Crippen LogP contribution in [0.15, 0.2) is 22.7 Å². The van der Waals surface area contributed by atoms with E-state index in [9.17, 15) is 0 Å². The van der Waals surface area contributed by atoms with E-state index in [1.807, 2.05) is 6.07 Å². The first-order valence-electron chi connectivity index (χ1n) is 6.54. The van der Waals surface area contributed by atoms with Crippen LogP contribution in [0, 0.1) is 5.41 Å². The Hall–Kier alpha value is -1.03. The largest absolute Gasteiger partial charge is 0.384 e. The number of rotatable bonds is 3. The van der Waals surface area contributed by atoms with Crippen LogP contribution in [0.5, 0.6) is 0 Å². The highest BCUT2D eigenvalue weighted by Gasteiger charge is 2.21. The molecule has 1 unspecified atom stereocenters. The van der Waals surface area contributed by atoms with Gasteiger partial charge in [-0.2, -0.15) is 0 Å². The molecule has 0 spiro atoms. The number of nitrogen functional groups attached to an aromatic ring is 1. The third-order valence-electron chi connectivity index (χ3n) is 3.67. The third-order valence-corrected chi connectivity index (χ3v) is 4.33. The van der Waals surface area contributed by atoms with Gasteiger partial charge in [0.05, 0.1) is 0 Å². The molecule has 0 bridgehead atoms. The molecule has 1 fully saturated rings. The minimum Gasteiger partial charge on any atom is -0.384 e. The van der Waals surface area contributed by atoms with Gasteiger partial charge in [-0.25, -0.2) is 0 Å². The van der Waals surface area contributed by atoms with Gasteiger partial charge in [0, 0.05) is 28.3 Å². The van der Waals surface area contributed by atoms with Gasteiger partial charge in [-0.1, -0.05) is 6.92 Å². The second-order valence-corrected chi connectivity index (χ2v) is 5.68. The molecule has 1 aromatic rings. The van der Waals surface area contributed by atoms with Crippen LogP contribution >= 0.6 is 15.9 Å². The minimum absolute atomic E-state index is 0.110. The van der Waals surface area contributed by atoms with Crippen molar-refractivity contribution < 1.29 is 0 Å². The molecule has 0 saturated carbocycles. The second kappa shape index (κ2) is 5.74. The molecule has 98 valence electrons. The monoisotopic (exact) mass is 309 g/mol. The molecular formula is C14H20BrN3. The maximum atomic E-state index is 7.50. The molecule has 2 rings (SSSR count). The molecule has 0 aliphatic carbocycles. The molecule has 18 heavy (non-hydrogen) atoms. The number of nitrogens with one attached hydrogen (secondary N) is 1. The lowest BCUT2D eigenvalue weighted by Gasteiger charge is -2.37. The lowest BCUT2D eigenvalue weighted by Crippen LogP contribution is -2.39. The molecule has 3 nitrogen and oxygen atoms in total. The molecule has 3 N–H and O–H groups in total. The van der Waals surface area contributed by atoms with Gasteiger partial charge in [-0.3, -0.25) is 5.41 Å². The Balaban J connectivity index is 2.27. The maximum absolute atomic E-state index is 7.50. The normalized spacial score (nSPS) is 19.9. The zero-order valence-electron chi connectivity index (χ0n) is 10.7. The quantitative estimate of drug-likeness (QED) is 0.663. The van der Waals surface area contributed by atoms with E-state index in [1.54, 1.807) is 0 Å². The van der Waals surface area contributed by atoms with Crippen LogP contribution in [0.25, 0.3) is 0 Å². The summed E-state index contributed by atoms with van der Waals surface area (Å²) < 4.78 is 0.910. The molecule has 1 heterocycles. The average molecular weight is 310 g/mol. The van der Waals surface area contributed by atoms with Crippen molar-refractivity contribution in [2.75, 3.05) is 11.4 Å².